The molecule has 4 aliphatic carbocycles. The molecule has 4 fully saturated rings. The maximum absolute atomic E-state index is 12.8. The lowest BCUT2D eigenvalue weighted by Crippen LogP contribution is -2.54. The van der Waals surface area contributed by atoms with E-state index in [1.807, 2.05) is 19.1 Å². The Kier molecular flexibility index (Phi) is 5.48. The number of sulfonamides is 1. The molecule has 32 heavy (non-hydrogen) atoms. The Hall–Kier alpha value is -1.40. The van der Waals surface area contributed by atoms with Gasteiger partial charge in [0.1, 0.15) is 0 Å². The van der Waals surface area contributed by atoms with E-state index in [0.29, 0.717) is 23.2 Å². The summed E-state index contributed by atoms with van der Waals surface area (Å²) >= 11 is 0. The SMILES string of the molecule is Cc1ccc(S(=O)(=O)N/N=C2/CC[C@H]3[C@@H]4CC[C@H]5C[C@H](O)CC[C@]5(C)[C@H]4CC[C@]23C)cc1. The quantitative estimate of drug-likeness (QED) is 0.623. The lowest BCUT2D eigenvalue weighted by molar-refractivity contribution is -0.113. The Morgan fingerprint density at radius 3 is 2.50 bits per heavy atom. The van der Waals surface area contributed by atoms with Crippen molar-refractivity contribution in [2.75, 3.05) is 0 Å². The van der Waals surface area contributed by atoms with Gasteiger partial charge in [0.25, 0.3) is 10.0 Å². The van der Waals surface area contributed by atoms with Crippen molar-refractivity contribution < 1.29 is 13.5 Å². The van der Waals surface area contributed by atoms with Crippen molar-refractivity contribution in [3.8, 4) is 0 Å². The molecule has 0 aromatic heterocycles. The number of fused-ring (bicyclic) bond motifs is 5. The minimum Gasteiger partial charge on any atom is -0.393 e. The molecule has 0 radical (unpaired) electrons. The van der Waals surface area contributed by atoms with Crippen molar-refractivity contribution in [1.82, 2.24) is 4.83 Å². The molecular weight excluding hydrogens is 420 g/mol. The van der Waals surface area contributed by atoms with E-state index < -0.39 is 10.0 Å². The average molecular weight is 459 g/mol. The number of hydrogen-bond donors (Lipinski definition) is 2. The van der Waals surface area contributed by atoms with Crippen LogP contribution in [0.15, 0.2) is 34.3 Å². The molecule has 1 aromatic carbocycles. The van der Waals surface area contributed by atoms with Gasteiger partial charge in [-0.2, -0.15) is 13.5 Å². The fraction of sp³-hybridized carbons (Fsp3) is 0.731. The number of aliphatic hydroxyl groups is 1. The van der Waals surface area contributed by atoms with Crippen LogP contribution in [0.1, 0.15) is 77.2 Å². The Morgan fingerprint density at radius 2 is 1.75 bits per heavy atom. The van der Waals surface area contributed by atoms with E-state index in [9.17, 15) is 13.5 Å². The second kappa shape index (κ2) is 7.83. The van der Waals surface area contributed by atoms with E-state index in [4.69, 9.17) is 0 Å². The molecule has 6 heteroatoms. The monoisotopic (exact) mass is 458 g/mol. The molecule has 4 aliphatic rings. The Balaban J connectivity index is 1.35. The van der Waals surface area contributed by atoms with Gasteiger partial charge in [0.05, 0.1) is 11.0 Å². The molecule has 0 saturated heterocycles. The Morgan fingerprint density at radius 1 is 1.00 bits per heavy atom. The largest absolute Gasteiger partial charge is 0.393 e. The highest BCUT2D eigenvalue weighted by Crippen LogP contribution is 2.65. The van der Waals surface area contributed by atoms with E-state index in [-0.39, 0.29) is 16.4 Å². The van der Waals surface area contributed by atoms with E-state index >= 15 is 0 Å². The van der Waals surface area contributed by atoms with Gasteiger partial charge in [0.2, 0.25) is 0 Å². The molecule has 5 nitrogen and oxygen atoms in total. The molecule has 0 spiro atoms. The van der Waals surface area contributed by atoms with Gasteiger partial charge in [-0.05, 0) is 106 Å². The maximum atomic E-state index is 12.8. The summed E-state index contributed by atoms with van der Waals surface area (Å²) in [5, 5.41) is 14.8. The first-order valence-corrected chi connectivity index (χ1v) is 14.0. The lowest BCUT2D eigenvalue weighted by Gasteiger charge is -2.60. The Bertz CT molecular complexity index is 1000. The molecule has 2 N–H and O–H groups in total. The first-order valence-electron chi connectivity index (χ1n) is 12.5. The highest BCUT2D eigenvalue weighted by molar-refractivity contribution is 7.89. The third kappa shape index (κ3) is 3.53. The van der Waals surface area contributed by atoms with Crippen LogP contribution in [0.25, 0.3) is 0 Å². The highest BCUT2D eigenvalue weighted by Gasteiger charge is 2.59. The van der Waals surface area contributed by atoms with Gasteiger partial charge in [0.15, 0.2) is 0 Å². The summed E-state index contributed by atoms with van der Waals surface area (Å²) < 4.78 is 25.6. The molecule has 0 unspecified atom stereocenters. The maximum Gasteiger partial charge on any atom is 0.276 e. The summed E-state index contributed by atoms with van der Waals surface area (Å²) in [5.41, 5.74) is 2.43. The van der Waals surface area contributed by atoms with Gasteiger partial charge < -0.3 is 5.11 Å². The predicted molar refractivity (Wildman–Crippen MR) is 127 cm³/mol. The summed E-state index contributed by atoms with van der Waals surface area (Å²) in [4.78, 5) is 2.82. The molecule has 1 aromatic rings. The van der Waals surface area contributed by atoms with Gasteiger partial charge in [-0.25, -0.2) is 4.83 Å². The van der Waals surface area contributed by atoms with Crippen LogP contribution in [-0.2, 0) is 10.0 Å². The van der Waals surface area contributed by atoms with Crippen molar-refractivity contribution in [3.63, 3.8) is 0 Å². The molecule has 4 saturated carbocycles. The van der Waals surface area contributed by atoms with Gasteiger partial charge in [-0.1, -0.05) is 31.5 Å². The number of hydrogen-bond acceptors (Lipinski definition) is 4. The molecule has 0 aliphatic heterocycles. The molecular formula is C26H38N2O3S. The minimum absolute atomic E-state index is 0.00562. The molecule has 176 valence electrons. The fourth-order valence-corrected chi connectivity index (χ4v) is 8.92. The van der Waals surface area contributed by atoms with Crippen molar-refractivity contribution in [2.45, 2.75) is 89.6 Å². The summed E-state index contributed by atoms with van der Waals surface area (Å²) in [7, 11) is -3.64. The second-order valence-corrected chi connectivity index (χ2v) is 13.2. The van der Waals surface area contributed by atoms with E-state index in [0.717, 1.165) is 55.7 Å². The zero-order valence-electron chi connectivity index (χ0n) is 19.7. The number of aryl methyl sites for hydroxylation is 1. The van der Waals surface area contributed by atoms with Gasteiger partial charge in [-0.3, -0.25) is 0 Å². The molecule has 0 amide bonds. The fourth-order valence-electron chi connectivity index (χ4n) is 8.09. The number of aliphatic hydroxyl groups excluding tert-OH is 1. The smallest absolute Gasteiger partial charge is 0.276 e. The third-order valence-corrected chi connectivity index (χ3v) is 11.2. The van der Waals surface area contributed by atoms with Crippen LogP contribution in [0.4, 0.5) is 0 Å². The van der Waals surface area contributed by atoms with Crippen LogP contribution >= 0.6 is 0 Å². The zero-order chi connectivity index (χ0) is 22.7. The molecule has 5 rings (SSSR count). The number of hydrazone groups is 1. The van der Waals surface area contributed by atoms with Crippen LogP contribution in [-0.4, -0.2) is 25.3 Å². The number of benzene rings is 1. The second-order valence-electron chi connectivity index (χ2n) is 11.5. The van der Waals surface area contributed by atoms with E-state index in [2.05, 4.69) is 23.8 Å². The standard InChI is InChI=1S/C26H38N2O3S/c1-17-4-7-20(8-5-17)32(30,31)28-27-24-11-10-22-21-9-6-18-16-19(29)12-14-25(18,2)23(21)13-15-26(22,24)3/h4-5,7-8,18-19,21-23,28-29H,6,9-16H2,1-3H3/b27-24-/t18-,19+,21-,22-,23-,25-,26-/m0/s1. The van der Waals surface area contributed by atoms with Crippen molar-refractivity contribution in [2.24, 2.45) is 39.6 Å². The first-order chi connectivity index (χ1) is 15.1. The van der Waals surface area contributed by atoms with Crippen molar-refractivity contribution >= 4 is 15.7 Å². The topological polar surface area (TPSA) is 78.8 Å². The van der Waals surface area contributed by atoms with Crippen LogP contribution in [0, 0.1) is 41.4 Å². The minimum atomic E-state index is -3.64. The predicted octanol–water partition coefficient (Wildman–Crippen LogP) is 5.03. The average Bonchev–Trinajstić information content (AvgIpc) is 3.09. The normalized spacial score (nSPS) is 42.8. The van der Waals surface area contributed by atoms with Gasteiger partial charge >= 0.3 is 0 Å². The zero-order valence-corrected chi connectivity index (χ0v) is 20.5. The Labute approximate surface area is 193 Å². The molecule has 0 bridgehead atoms. The van der Waals surface area contributed by atoms with Crippen molar-refractivity contribution in [1.29, 1.82) is 0 Å². The van der Waals surface area contributed by atoms with E-state index in [1.165, 1.54) is 19.3 Å². The third-order valence-electron chi connectivity index (χ3n) is 10.0. The van der Waals surface area contributed by atoms with Gasteiger partial charge in [-0.15, -0.1) is 0 Å². The number of nitrogens with zero attached hydrogens (tertiary/aromatic N) is 1. The number of nitrogens with one attached hydrogen (secondary N) is 1. The van der Waals surface area contributed by atoms with Crippen LogP contribution in [0.3, 0.4) is 0 Å². The molecule has 7 atom stereocenters. The van der Waals surface area contributed by atoms with E-state index in [1.54, 1.807) is 12.1 Å². The first kappa shape index (κ1) is 22.4. The highest BCUT2D eigenvalue weighted by atomic mass is 32.2. The van der Waals surface area contributed by atoms with Crippen LogP contribution < -0.4 is 4.83 Å². The van der Waals surface area contributed by atoms with Crippen LogP contribution in [0.5, 0.6) is 0 Å². The lowest BCUT2D eigenvalue weighted by atomic mass is 9.45. The van der Waals surface area contributed by atoms with Crippen LogP contribution in [0.2, 0.25) is 0 Å². The summed E-state index contributed by atoms with van der Waals surface area (Å²) in [6.45, 7) is 6.78. The molecule has 0 heterocycles. The summed E-state index contributed by atoms with van der Waals surface area (Å²) in [5.74, 6) is 2.68. The van der Waals surface area contributed by atoms with Gasteiger partial charge in [0, 0.05) is 11.1 Å². The van der Waals surface area contributed by atoms with Crippen molar-refractivity contribution in [3.05, 3.63) is 29.8 Å². The number of rotatable bonds is 3. The summed E-state index contributed by atoms with van der Waals surface area (Å²) in [6, 6.07) is 6.92. The summed E-state index contributed by atoms with van der Waals surface area (Å²) in [6.07, 6.45) is 9.76.